The molecule has 0 radical (unpaired) electrons. The molecule has 3 heteroatoms. The summed E-state index contributed by atoms with van der Waals surface area (Å²) in [6, 6.07) is 2.23. The van der Waals surface area contributed by atoms with Crippen molar-refractivity contribution in [1.29, 1.82) is 0 Å². The molecular formula is C33H69N3. The highest BCUT2D eigenvalue weighted by Crippen LogP contribution is 2.26. The van der Waals surface area contributed by atoms with Gasteiger partial charge in [0, 0.05) is 37.8 Å². The van der Waals surface area contributed by atoms with Gasteiger partial charge in [-0.2, -0.15) is 0 Å². The molecule has 0 bridgehead atoms. The van der Waals surface area contributed by atoms with Crippen LogP contribution in [0.4, 0.5) is 0 Å². The number of hydrogen-bond donors (Lipinski definition) is 0. The number of nitrogens with zero attached hydrogens (tertiary/aromatic N) is 3. The number of likely N-dealkylation sites (tertiary alicyclic amines) is 3. The first-order chi connectivity index (χ1) is 16.8. The fourth-order valence-corrected chi connectivity index (χ4v) is 6.16. The SMILES string of the molecule is CC(C)C1CCCN(C(C)C)C1.CC(C)[C@@H]1CCCN(C(C)C)C1.CC(C)[C@H]1CCCN(C(C)C)C1. The normalized spacial score (nSPS) is 27.0. The summed E-state index contributed by atoms with van der Waals surface area (Å²) >= 11 is 0. The summed E-state index contributed by atoms with van der Waals surface area (Å²) in [6.45, 7) is 35.9. The van der Waals surface area contributed by atoms with Crippen LogP contribution in [0.25, 0.3) is 0 Å². The van der Waals surface area contributed by atoms with E-state index in [-0.39, 0.29) is 0 Å². The van der Waals surface area contributed by atoms with Crippen LogP contribution in [0.5, 0.6) is 0 Å². The maximum Gasteiger partial charge on any atom is 0.00387 e. The van der Waals surface area contributed by atoms with Crippen LogP contribution in [0.15, 0.2) is 0 Å². The van der Waals surface area contributed by atoms with Gasteiger partial charge in [-0.3, -0.25) is 0 Å². The summed E-state index contributed by atoms with van der Waals surface area (Å²) in [7, 11) is 0. The third-order valence-corrected chi connectivity index (χ3v) is 9.49. The number of hydrogen-bond acceptors (Lipinski definition) is 3. The first-order valence-corrected chi connectivity index (χ1v) is 16.0. The Bertz CT molecular complexity index is 421. The van der Waals surface area contributed by atoms with Gasteiger partial charge in [-0.25, -0.2) is 0 Å². The monoisotopic (exact) mass is 508 g/mol. The van der Waals surface area contributed by atoms with Gasteiger partial charge < -0.3 is 14.7 Å². The van der Waals surface area contributed by atoms with Crippen LogP contribution in [0.3, 0.4) is 0 Å². The first kappa shape index (κ1) is 33.9. The van der Waals surface area contributed by atoms with E-state index < -0.39 is 0 Å². The zero-order valence-electron chi connectivity index (χ0n) is 27.0. The molecule has 0 aromatic rings. The Hall–Kier alpha value is -0.120. The van der Waals surface area contributed by atoms with Gasteiger partial charge in [0.05, 0.1) is 0 Å². The Labute approximate surface area is 229 Å². The first-order valence-electron chi connectivity index (χ1n) is 16.0. The molecule has 36 heavy (non-hydrogen) atoms. The molecule has 3 aliphatic rings. The van der Waals surface area contributed by atoms with Gasteiger partial charge in [-0.15, -0.1) is 0 Å². The quantitative estimate of drug-likeness (QED) is 0.358. The Morgan fingerprint density at radius 3 is 0.778 bits per heavy atom. The van der Waals surface area contributed by atoms with Crippen LogP contribution >= 0.6 is 0 Å². The molecule has 3 fully saturated rings. The second kappa shape index (κ2) is 17.5. The molecule has 216 valence electrons. The minimum absolute atomic E-state index is 0.742. The Morgan fingerprint density at radius 1 is 0.389 bits per heavy atom. The third kappa shape index (κ3) is 12.6. The average molecular weight is 508 g/mol. The molecule has 3 atom stereocenters. The fraction of sp³-hybridized carbons (Fsp3) is 1.00. The molecule has 0 amide bonds. The zero-order valence-corrected chi connectivity index (χ0v) is 27.0. The lowest BCUT2D eigenvalue weighted by Gasteiger charge is -2.37. The van der Waals surface area contributed by atoms with Crippen molar-refractivity contribution in [3.05, 3.63) is 0 Å². The van der Waals surface area contributed by atoms with Crippen molar-refractivity contribution in [3.8, 4) is 0 Å². The van der Waals surface area contributed by atoms with E-state index in [1.807, 2.05) is 0 Å². The molecule has 0 aromatic carbocycles. The predicted octanol–water partition coefficient (Wildman–Crippen LogP) is 8.29. The van der Waals surface area contributed by atoms with Gasteiger partial charge in [-0.1, -0.05) is 41.5 Å². The van der Waals surface area contributed by atoms with Crippen molar-refractivity contribution in [1.82, 2.24) is 14.7 Å². The Morgan fingerprint density at radius 2 is 0.611 bits per heavy atom. The molecule has 0 saturated carbocycles. The minimum atomic E-state index is 0.742. The maximum atomic E-state index is 2.62. The highest BCUT2D eigenvalue weighted by molar-refractivity contribution is 4.78. The van der Waals surface area contributed by atoms with Gasteiger partial charge in [0.1, 0.15) is 0 Å². The largest absolute Gasteiger partial charge is 0.301 e. The fourth-order valence-electron chi connectivity index (χ4n) is 6.16. The summed E-state index contributed by atoms with van der Waals surface area (Å²) in [5.74, 6) is 5.44. The van der Waals surface area contributed by atoms with E-state index in [0.717, 1.165) is 53.6 Å². The highest BCUT2D eigenvalue weighted by atomic mass is 15.2. The van der Waals surface area contributed by atoms with Crippen molar-refractivity contribution < 1.29 is 0 Å². The van der Waals surface area contributed by atoms with E-state index in [1.54, 1.807) is 0 Å². The summed E-state index contributed by atoms with van der Waals surface area (Å²) in [5, 5.41) is 0. The van der Waals surface area contributed by atoms with Crippen LogP contribution in [0.2, 0.25) is 0 Å². The van der Waals surface area contributed by atoms with Gasteiger partial charge in [0.15, 0.2) is 0 Å². The van der Waals surface area contributed by atoms with Gasteiger partial charge in [0.2, 0.25) is 0 Å². The topological polar surface area (TPSA) is 9.72 Å². The summed E-state index contributed by atoms with van der Waals surface area (Å²) < 4.78 is 0. The van der Waals surface area contributed by atoms with E-state index in [1.165, 1.54) is 77.8 Å². The molecule has 0 aromatic heterocycles. The van der Waals surface area contributed by atoms with E-state index >= 15 is 0 Å². The van der Waals surface area contributed by atoms with Crippen molar-refractivity contribution in [3.63, 3.8) is 0 Å². The number of rotatable bonds is 6. The summed E-state index contributed by atoms with van der Waals surface area (Å²) in [4.78, 5) is 7.86. The molecular weight excluding hydrogens is 438 g/mol. The number of piperidine rings is 3. The molecule has 3 saturated heterocycles. The van der Waals surface area contributed by atoms with Gasteiger partial charge in [0.25, 0.3) is 0 Å². The lowest BCUT2D eigenvalue weighted by molar-refractivity contribution is 0.117. The van der Waals surface area contributed by atoms with Gasteiger partial charge in [-0.05, 0) is 135 Å². The molecule has 0 aliphatic carbocycles. The van der Waals surface area contributed by atoms with E-state index in [2.05, 4.69) is 97.8 Å². The lowest BCUT2D eigenvalue weighted by Crippen LogP contribution is -2.41. The van der Waals surface area contributed by atoms with Crippen LogP contribution < -0.4 is 0 Å². The van der Waals surface area contributed by atoms with Crippen molar-refractivity contribution in [2.75, 3.05) is 39.3 Å². The van der Waals surface area contributed by atoms with E-state index in [4.69, 9.17) is 0 Å². The van der Waals surface area contributed by atoms with Crippen molar-refractivity contribution in [2.24, 2.45) is 35.5 Å². The third-order valence-electron chi connectivity index (χ3n) is 9.49. The molecule has 3 heterocycles. The summed E-state index contributed by atoms with van der Waals surface area (Å²) in [6.07, 6.45) is 8.55. The second-order valence-electron chi connectivity index (χ2n) is 14.2. The maximum absolute atomic E-state index is 2.62. The van der Waals surface area contributed by atoms with Crippen LogP contribution in [0.1, 0.15) is 122 Å². The molecule has 1 unspecified atom stereocenters. The minimum Gasteiger partial charge on any atom is -0.301 e. The Balaban J connectivity index is 0.000000270. The summed E-state index contributed by atoms with van der Waals surface area (Å²) in [5.41, 5.74) is 0. The standard InChI is InChI=1S/3C11H23N/c3*1-9(2)11-6-5-7-12(8-11)10(3)4/h3*9-11H,5-8H2,1-4H3/t2*11-;/m10./s1. The highest BCUT2D eigenvalue weighted by Gasteiger charge is 2.25. The lowest BCUT2D eigenvalue weighted by atomic mass is 9.87. The van der Waals surface area contributed by atoms with Crippen molar-refractivity contribution >= 4 is 0 Å². The van der Waals surface area contributed by atoms with Crippen molar-refractivity contribution in [2.45, 2.75) is 140 Å². The van der Waals surface area contributed by atoms with Crippen LogP contribution in [0, 0.1) is 35.5 Å². The average Bonchev–Trinajstić information content (AvgIpc) is 2.85. The molecule has 3 aliphatic heterocycles. The van der Waals surface area contributed by atoms with E-state index in [0.29, 0.717) is 0 Å². The van der Waals surface area contributed by atoms with E-state index in [9.17, 15) is 0 Å². The molecule has 3 nitrogen and oxygen atoms in total. The Kier molecular flexibility index (Phi) is 16.4. The zero-order chi connectivity index (χ0) is 27.4. The molecule has 3 rings (SSSR count). The predicted molar refractivity (Wildman–Crippen MR) is 163 cm³/mol. The smallest absolute Gasteiger partial charge is 0.00387 e. The van der Waals surface area contributed by atoms with Gasteiger partial charge >= 0.3 is 0 Å². The molecule has 0 spiro atoms. The van der Waals surface area contributed by atoms with Crippen LogP contribution in [-0.4, -0.2) is 72.1 Å². The molecule has 0 N–H and O–H groups in total. The van der Waals surface area contributed by atoms with Crippen LogP contribution in [-0.2, 0) is 0 Å². The second-order valence-corrected chi connectivity index (χ2v) is 14.2.